The third kappa shape index (κ3) is 2.39. The van der Waals surface area contributed by atoms with E-state index in [1.54, 1.807) is 18.4 Å². The summed E-state index contributed by atoms with van der Waals surface area (Å²) in [6, 6.07) is 13.5. The van der Waals surface area contributed by atoms with Gasteiger partial charge in [-0.2, -0.15) is 17.0 Å². The van der Waals surface area contributed by atoms with Crippen LogP contribution in [0.4, 0.5) is 0 Å². The van der Waals surface area contributed by atoms with E-state index in [-0.39, 0.29) is 6.04 Å². The van der Waals surface area contributed by atoms with Crippen LogP contribution in [0.3, 0.4) is 0 Å². The van der Waals surface area contributed by atoms with E-state index in [9.17, 15) is 8.42 Å². The maximum atomic E-state index is 12.6. The molecule has 3 rings (SSSR count). The molecule has 21 heavy (non-hydrogen) atoms. The molecule has 5 nitrogen and oxygen atoms in total. The van der Waals surface area contributed by atoms with Gasteiger partial charge in [0.2, 0.25) is 0 Å². The second-order valence-corrected chi connectivity index (χ2v) is 7.44. The molecule has 1 unspecified atom stereocenters. The fourth-order valence-corrected chi connectivity index (χ4v) is 4.02. The summed E-state index contributed by atoms with van der Waals surface area (Å²) in [6.45, 7) is 1.15. The van der Waals surface area contributed by atoms with E-state index in [1.807, 2.05) is 48.7 Å². The molecule has 2 aromatic rings. The molecule has 2 heterocycles. The second-order valence-electron chi connectivity index (χ2n) is 5.34. The Bertz CT molecular complexity index is 722. The molecule has 1 atom stereocenters. The van der Waals surface area contributed by atoms with Gasteiger partial charge in [-0.25, -0.2) is 0 Å². The van der Waals surface area contributed by atoms with Gasteiger partial charge in [-0.05, 0) is 17.7 Å². The molecular formula is C15H19N3O2S. The Morgan fingerprint density at radius 3 is 2.43 bits per heavy atom. The van der Waals surface area contributed by atoms with Crippen LogP contribution in [0.25, 0.3) is 0 Å². The third-order valence-corrected chi connectivity index (χ3v) is 5.78. The fourth-order valence-electron chi connectivity index (χ4n) is 2.79. The Morgan fingerprint density at radius 1 is 1.05 bits per heavy atom. The lowest BCUT2D eigenvalue weighted by Crippen LogP contribution is -2.47. The van der Waals surface area contributed by atoms with Gasteiger partial charge >= 0.3 is 0 Å². The highest BCUT2D eigenvalue weighted by atomic mass is 32.2. The van der Waals surface area contributed by atoms with E-state index < -0.39 is 10.2 Å². The molecule has 112 valence electrons. The maximum absolute atomic E-state index is 12.6. The summed E-state index contributed by atoms with van der Waals surface area (Å²) in [5.74, 6) is 0. The zero-order valence-electron chi connectivity index (χ0n) is 12.2. The first kappa shape index (κ1) is 14.3. The second kappa shape index (κ2) is 5.29. The SMILES string of the molecule is CN(C)S(=O)(=O)N1CCn2cccc2C1c1ccccc1. The van der Waals surface area contributed by atoms with E-state index >= 15 is 0 Å². The van der Waals surface area contributed by atoms with Gasteiger partial charge in [0.15, 0.2) is 0 Å². The number of fused-ring (bicyclic) bond motifs is 1. The molecule has 1 aliphatic heterocycles. The van der Waals surface area contributed by atoms with Crippen LogP contribution in [0.5, 0.6) is 0 Å². The van der Waals surface area contributed by atoms with Crippen LogP contribution in [-0.4, -0.2) is 42.2 Å². The largest absolute Gasteiger partial charge is 0.348 e. The van der Waals surface area contributed by atoms with Crippen molar-refractivity contribution in [1.29, 1.82) is 0 Å². The number of hydrogen-bond donors (Lipinski definition) is 0. The monoisotopic (exact) mass is 305 g/mol. The molecular weight excluding hydrogens is 286 g/mol. The molecule has 0 saturated heterocycles. The van der Waals surface area contributed by atoms with Crippen molar-refractivity contribution in [3.63, 3.8) is 0 Å². The highest BCUT2D eigenvalue weighted by molar-refractivity contribution is 7.86. The number of nitrogens with zero attached hydrogens (tertiary/aromatic N) is 3. The van der Waals surface area contributed by atoms with Crippen LogP contribution < -0.4 is 0 Å². The highest BCUT2D eigenvalue weighted by Gasteiger charge is 2.37. The highest BCUT2D eigenvalue weighted by Crippen LogP contribution is 2.34. The van der Waals surface area contributed by atoms with Gasteiger partial charge in [0.25, 0.3) is 10.2 Å². The van der Waals surface area contributed by atoms with E-state index in [2.05, 4.69) is 4.57 Å². The summed E-state index contributed by atoms with van der Waals surface area (Å²) in [4.78, 5) is 0. The van der Waals surface area contributed by atoms with E-state index in [0.29, 0.717) is 13.1 Å². The van der Waals surface area contributed by atoms with Crippen molar-refractivity contribution in [3.8, 4) is 0 Å². The zero-order valence-corrected chi connectivity index (χ0v) is 13.0. The minimum Gasteiger partial charge on any atom is -0.348 e. The molecule has 1 aromatic carbocycles. The van der Waals surface area contributed by atoms with E-state index in [1.165, 1.54) is 4.31 Å². The predicted molar refractivity (Wildman–Crippen MR) is 82.0 cm³/mol. The van der Waals surface area contributed by atoms with Gasteiger partial charge in [-0.1, -0.05) is 30.3 Å². The van der Waals surface area contributed by atoms with Gasteiger partial charge in [-0.3, -0.25) is 0 Å². The van der Waals surface area contributed by atoms with Crippen LogP contribution in [-0.2, 0) is 16.8 Å². The van der Waals surface area contributed by atoms with Crippen LogP contribution in [0.15, 0.2) is 48.7 Å². The van der Waals surface area contributed by atoms with Crippen molar-refractivity contribution in [2.45, 2.75) is 12.6 Å². The summed E-state index contributed by atoms with van der Waals surface area (Å²) >= 11 is 0. The molecule has 6 heteroatoms. The first-order valence-corrected chi connectivity index (χ1v) is 8.31. The van der Waals surface area contributed by atoms with Gasteiger partial charge in [0.05, 0.1) is 6.04 Å². The Morgan fingerprint density at radius 2 is 1.76 bits per heavy atom. The average molecular weight is 305 g/mol. The standard InChI is InChI=1S/C15H19N3O2S/c1-16(2)21(19,20)18-12-11-17-10-6-9-14(17)15(18)13-7-4-3-5-8-13/h3-10,15H,11-12H2,1-2H3. The molecule has 0 fully saturated rings. The molecule has 1 aliphatic rings. The molecule has 0 radical (unpaired) electrons. The quantitative estimate of drug-likeness (QED) is 0.866. The molecule has 0 aliphatic carbocycles. The van der Waals surface area contributed by atoms with Crippen LogP contribution in [0.1, 0.15) is 17.3 Å². The van der Waals surface area contributed by atoms with Crippen molar-refractivity contribution >= 4 is 10.2 Å². The van der Waals surface area contributed by atoms with Crippen molar-refractivity contribution in [1.82, 2.24) is 13.2 Å². The summed E-state index contributed by atoms with van der Waals surface area (Å²) in [6.07, 6.45) is 2.00. The predicted octanol–water partition coefficient (Wildman–Crippen LogP) is 1.70. The van der Waals surface area contributed by atoms with Crippen LogP contribution in [0, 0.1) is 0 Å². The minimum atomic E-state index is -3.46. The van der Waals surface area contributed by atoms with Crippen molar-refractivity contribution in [3.05, 3.63) is 59.9 Å². The Hall–Kier alpha value is -1.63. The molecule has 0 saturated carbocycles. The normalized spacial score (nSPS) is 19.7. The summed E-state index contributed by atoms with van der Waals surface area (Å²) < 4.78 is 30.3. The van der Waals surface area contributed by atoms with Crippen molar-refractivity contribution in [2.75, 3.05) is 20.6 Å². The van der Waals surface area contributed by atoms with E-state index in [4.69, 9.17) is 0 Å². The molecule has 0 N–H and O–H groups in total. The van der Waals surface area contributed by atoms with Crippen LogP contribution >= 0.6 is 0 Å². The number of benzene rings is 1. The first-order valence-electron chi connectivity index (χ1n) is 6.91. The maximum Gasteiger partial charge on any atom is 0.282 e. The zero-order chi connectivity index (χ0) is 15.0. The van der Waals surface area contributed by atoms with Crippen LogP contribution in [0.2, 0.25) is 0 Å². The topological polar surface area (TPSA) is 45.6 Å². The first-order chi connectivity index (χ1) is 10.0. The molecule has 0 spiro atoms. The Balaban J connectivity index is 2.14. The van der Waals surface area contributed by atoms with E-state index in [0.717, 1.165) is 11.3 Å². The minimum absolute atomic E-state index is 0.276. The lowest BCUT2D eigenvalue weighted by Gasteiger charge is -2.37. The number of aromatic nitrogens is 1. The summed E-state index contributed by atoms with van der Waals surface area (Å²) in [5.41, 5.74) is 2.00. The van der Waals surface area contributed by atoms with Crippen molar-refractivity contribution in [2.24, 2.45) is 0 Å². The fraction of sp³-hybridized carbons (Fsp3) is 0.333. The molecule has 1 aromatic heterocycles. The Labute approximate surface area is 125 Å². The third-order valence-electron chi connectivity index (χ3n) is 3.87. The summed E-state index contributed by atoms with van der Waals surface area (Å²) in [5, 5.41) is 0. The van der Waals surface area contributed by atoms with Gasteiger partial charge in [-0.15, -0.1) is 0 Å². The van der Waals surface area contributed by atoms with Crippen molar-refractivity contribution < 1.29 is 8.42 Å². The van der Waals surface area contributed by atoms with Gasteiger partial charge in [0.1, 0.15) is 0 Å². The number of rotatable bonds is 3. The molecule has 0 bridgehead atoms. The Kier molecular flexibility index (Phi) is 3.61. The molecule has 0 amide bonds. The number of hydrogen-bond acceptors (Lipinski definition) is 2. The lowest BCUT2D eigenvalue weighted by molar-refractivity contribution is 0.281. The van der Waals surface area contributed by atoms with Gasteiger partial charge < -0.3 is 4.57 Å². The smallest absolute Gasteiger partial charge is 0.282 e. The van der Waals surface area contributed by atoms with Gasteiger partial charge in [0, 0.05) is 39.1 Å². The average Bonchev–Trinajstić information content (AvgIpc) is 2.95. The summed E-state index contributed by atoms with van der Waals surface area (Å²) in [7, 11) is -0.316. The lowest BCUT2D eigenvalue weighted by atomic mass is 10.0.